The van der Waals surface area contributed by atoms with E-state index in [0.717, 1.165) is 19.4 Å². The third-order valence-electron chi connectivity index (χ3n) is 7.82. The van der Waals surface area contributed by atoms with Crippen LogP contribution in [0, 0.1) is 5.92 Å². The molecule has 0 aromatic heterocycles. The van der Waals surface area contributed by atoms with Gasteiger partial charge in [0.15, 0.2) is 0 Å². The summed E-state index contributed by atoms with van der Waals surface area (Å²) in [4.78, 5) is 45.2. The zero-order valence-electron chi connectivity index (χ0n) is 18.4. The van der Waals surface area contributed by atoms with Gasteiger partial charge in [-0.15, -0.1) is 0 Å². The molecule has 5 rings (SSSR count). The monoisotopic (exact) mass is 434 g/mol. The lowest BCUT2D eigenvalue weighted by atomic mass is 9.77. The van der Waals surface area contributed by atoms with Gasteiger partial charge in [-0.1, -0.05) is 0 Å². The molecule has 3 aliphatic heterocycles. The fourth-order valence-corrected chi connectivity index (χ4v) is 5.54. The minimum atomic E-state index is -0.821. The number of amides is 3. The van der Waals surface area contributed by atoms with E-state index in [1.165, 1.54) is 12.8 Å². The first-order valence-electron chi connectivity index (χ1n) is 11.8. The summed E-state index contributed by atoms with van der Waals surface area (Å²) in [6, 6.07) is -0.124. The van der Waals surface area contributed by atoms with Crippen molar-refractivity contribution in [3.63, 3.8) is 0 Å². The molecule has 3 heterocycles. The molecule has 2 saturated carbocycles. The fraction of sp³-hybridized carbons (Fsp3) is 0.864. The molecule has 9 nitrogen and oxygen atoms in total. The number of rotatable bonds is 7. The van der Waals surface area contributed by atoms with Crippen molar-refractivity contribution in [2.45, 2.75) is 68.7 Å². The molecule has 2 aliphatic carbocycles. The second kappa shape index (κ2) is 7.92. The number of hydrogen-bond acceptors (Lipinski definition) is 6. The molecule has 3 amide bonds. The average Bonchev–Trinajstić information content (AvgIpc) is 3.09. The lowest BCUT2D eigenvalue weighted by Crippen LogP contribution is -2.48. The van der Waals surface area contributed by atoms with Crippen LogP contribution in [0.25, 0.3) is 0 Å². The van der Waals surface area contributed by atoms with Crippen LogP contribution >= 0.6 is 0 Å². The number of carbonyl (C=O) groups is 3. The number of carbonyl (C=O) groups excluding carboxylic acids is 3. The molecule has 0 spiro atoms. The Hall–Kier alpha value is -1.87. The normalized spacial score (nSPS) is 32.1. The van der Waals surface area contributed by atoms with Crippen LogP contribution in [0.1, 0.15) is 44.9 Å². The lowest BCUT2D eigenvalue weighted by Gasteiger charge is -2.37. The topological polar surface area (TPSA) is 93.6 Å². The van der Waals surface area contributed by atoms with Crippen LogP contribution < -0.4 is 0 Å². The first-order valence-corrected chi connectivity index (χ1v) is 11.8. The van der Waals surface area contributed by atoms with Gasteiger partial charge in [0.1, 0.15) is 6.10 Å². The van der Waals surface area contributed by atoms with Gasteiger partial charge in [0.2, 0.25) is 11.8 Å². The van der Waals surface area contributed by atoms with Crippen molar-refractivity contribution in [2.24, 2.45) is 5.92 Å². The highest BCUT2D eigenvalue weighted by atomic mass is 16.6. The van der Waals surface area contributed by atoms with Crippen LogP contribution in [0.15, 0.2) is 0 Å². The van der Waals surface area contributed by atoms with Gasteiger partial charge < -0.3 is 19.6 Å². The van der Waals surface area contributed by atoms with Crippen molar-refractivity contribution < 1.29 is 24.2 Å². The highest BCUT2D eigenvalue weighted by Crippen LogP contribution is 2.36. The van der Waals surface area contributed by atoms with Crippen molar-refractivity contribution in [1.29, 1.82) is 0 Å². The van der Waals surface area contributed by atoms with E-state index >= 15 is 0 Å². The first kappa shape index (κ1) is 21.0. The largest absolute Gasteiger partial charge is 0.442 e. The van der Waals surface area contributed by atoms with E-state index in [9.17, 15) is 19.5 Å². The van der Waals surface area contributed by atoms with E-state index < -0.39 is 5.60 Å². The number of fused-ring (bicyclic) bond motifs is 1. The standard InChI is InChI=1S/C22H34N4O5/c1-23(10-15-3-4-15)20(28)14-24-12-17-18(13-24)31-21(29)26(17)16-5-8-25(11-16)19(27)9-22(30)6-2-7-22/h15-18,30H,2-14H2,1H3/t16?,17-,18+/m1/s1. The van der Waals surface area contributed by atoms with E-state index in [1.54, 1.807) is 4.90 Å². The fourth-order valence-electron chi connectivity index (χ4n) is 5.54. The lowest BCUT2D eigenvalue weighted by molar-refractivity contribution is -0.139. The number of aliphatic hydroxyl groups is 1. The Morgan fingerprint density at radius 3 is 2.65 bits per heavy atom. The van der Waals surface area contributed by atoms with E-state index in [0.29, 0.717) is 51.5 Å². The summed E-state index contributed by atoms with van der Waals surface area (Å²) in [7, 11) is 1.87. The summed E-state index contributed by atoms with van der Waals surface area (Å²) in [6.45, 7) is 3.50. The smallest absolute Gasteiger partial charge is 0.410 e. The summed E-state index contributed by atoms with van der Waals surface area (Å²) < 4.78 is 5.64. The quantitative estimate of drug-likeness (QED) is 0.618. The molecule has 0 bridgehead atoms. The summed E-state index contributed by atoms with van der Waals surface area (Å²) in [5, 5.41) is 10.3. The number of nitrogens with zero attached hydrogens (tertiary/aromatic N) is 4. The Bertz CT molecular complexity index is 752. The first-order chi connectivity index (χ1) is 14.8. The molecule has 9 heteroatoms. The van der Waals surface area contributed by atoms with E-state index in [2.05, 4.69) is 4.90 Å². The number of likely N-dealkylation sites (tertiary alicyclic amines) is 2. The van der Waals surface area contributed by atoms with Crippen LogP contribution in [-0.2, 0) is 14.3 Å². The maximum atomic E-state index is 12.6. The van der Waals surface area contributed by atoms with Crippen molar-refractivity contribution in [1.82, 2.24) is 19.6 Å². The summed E-state index contributed by atoms with van der Waals surface area (Å²) in [5.74, 6) is 0.767. The van der Waals surface area contributed by atoms with Gasteiger partial charge in [0.05, 0.1) is 30.7 Å². The Morgan fingerprint density at radius 1 is 1.19 bits per heavy atom. The molecule has 172 valence electrons. The summed E-state index contributed by atoms with van der Waals surface area (Å²) in [5.41, 5.74) is -0.821. The third-order valence-corrected chi connectivity index (χ3v) is 7.82. The highest BCUT2D eigenvalue weighted by Gasteiger charge is 2.52. The Labute approximate surface area is 183 Å². The SMILES string of the molecule is CN(CC1CC1)C(=O)CN1C[C@@H]2OC(=O)N(C3CCN(C(=O)CC4(O)CCC4)C3)[C@@H]2C1. The van der Waals surface area contributed by atoms with Gasteiger partial charge >= 0.3 is 6.09 Å². The molecule has 0 radical (unpaired) electrons. The van der Waals surface area contributed by atoms with Gasteiger partial charge in [-0.25, -0.2) is 4.79 Å². The second-order valence-corrected chi connectivity index (χ2v) is 10.3. The zero-order valence-corrected chi connectivity index (χ0v) is 18.4. The molecular formula is C22H34N4O5. The Morgan fingerprint density at radius 2 is 1.97 bits per heavy atom. The third kappa shape index (κ3) is 4.26. The van der Waals surface area contributed by atoms with Crippen LogP contribution in [0.4, 0.5) is 4.79 Å². The minimum absolute atomic E-state index is 0.0221. The summed E-state index contributed by atoms with van der Waals surface area (Å²) in [6.07, 6.45) is 5.20. The Kier molecular flexibility index (Phi) is 5.37. The molecular weight excluding hydrogens is 400 g/mol. The molecule has 0 aromatic carbocycles. The predicted molar refractivity (Wildman–Crippen MR) is 111 cm³/mol. The zero-order chi connectivity index (χ0) is 21.8. The van der Waals surface area contributed by atoms with Crippen molar-refractivity contribution in [2.75, 3.05) is 46.3 Å². The molecule has 1 unspecified atom stereocenters. The van der Waals surface area contributed by atoms with Gasteiger partial charge in [-0.05, 0) is 44.4 Å². The number of hydrogen-bond donors (Lipinski definition) is 1. The predicted octanol–water partition coefficient (Wildman–Crippen LogP) is 0.266. The second-order valence-electron chi connectivity index (χ2n) is 10.3. The average molecular weight is 435 g/mol. The number of ether oxygens (including phenoxy) is 1. The minimum Gasteiger partial charge on any atom is -0.442 e. The van der Waals surface area contributed by atoms with Crippen molar-refractivity contribution in [3.8, 4) is 0 Å². The molecule has 31 heavy (non-hydrogen) atoms. The molecule has 5 fully saturated rings. The molecule has 1 N–H and O–H groups in total. The van der Waals surface area contributed by atoms with Crippen LogP contribution in [-0.4, -0.2) is 113 Å². The van der Waals surface area contributed by atoms with Crippen molar-refractivity contribution in [3.05, 3.63) is 0 Å². The van der Waals surface area contributed by atoms with Gasteiger partial charge in [0.25, 0.3) is 0 Å². The molecule has 0 aromatic rings. The molecule has 3 saturated heterocycles. The van der Waals surface area contributed by atoms with Crippen molar-refractivity contribution >= 4 is 17.9 Å². The van der Waals surface area contributed by atoms with Crippen LogP contribution in [0.2, 0.25) is 0 Å². The van der Waals surface area contributed by atoms with Crippen LogP contribution in [0.5, 0.6) is 0 Å². The van der Waals surface area contributed by atoms with Gasteiger partial charge in [-0.2, -0.15) is 0 Å². The van der Waals surface area contributed by atoms with Gasteiger partial charge in [-0.3, -0.25) is 19.4 Å². The highest BCUT2D eigenvalue weighted by molar-refractivity contribution is 5.79. The van der Waals surface area contributed by atoms with Gasteiger partial charge in [0, 0.05) is 39.8 Å². The molecule has 5 aliphatic rings. The van der Waals surface area contributed by atoms with E-state index in [-0.39, 0.29) is 42.5 Å². The van der Waals surface area contributed by atoms with E-state index in [4.69, 9.17) is 4.74 Å². The Balaban J connectivity index is 1.14. The maximum absolute atomic E-state index is 12.6. The maximum Gasteiger partial charge on any atom is 0.410 e. The van der Waals surface area contributed by atoms with Crippen LogP contribution in [0.3, 0.4) is 0 Å². The van der Waals surface area contributed by atoms with E-state index in [1.807, 2.05) is 16.8 Å². The number of likely N-dealkylation sites (N-methyl/N-ethyl adjacent to an activating group) is 1. The molecule has 3 atom stereocenters. The summed E-state index contributed by atoms with van der Waals surface area (Å²) >= 11 is 0.